The third-order valence-electron chi connectivity index (χ3n) is 5.72. The van der Waals surface area contributed by atoms with Gasteiger partial charge in [-0.25, -0.2) is 0 Å². The number of ether oxygens (including phenoxy) is 2. The van der Waals surface area contributed by atoms with Gasteiger partial charge in [-0.1, -0.05) is 35.9 Å². The van der Waals surface area contributed by atoms with E-state index < -0.39 is 17.7 Å². The number of methoxy groups -OCH3 is 1. The van der Waals surface area contributed by atoms with E-state index in [2.05, 4.69) is 0 Å². The molecule has 35 heavy (non-hydrogen) atoms. The summed E-state index contributed by atoms with van der Waals surface area (Å²) >= 11 is 6.00. The zero-order valence-electron chi connectivity index (χ0n) is 19.7. The van der Waals surface area contributed by atoms with E-state index in [1.807, 2.05) is 44.2 Å². The monoisotopic (exact) mass is 491 g/mol. The zero-order chi connectivity index (χ0) is 25.1. The standard InChI is InChI=1S/C28H26ClNO5/c1-17(2)35-23-6-4-5-20(15-23)25-24(26(31)19-9-11-21(29)12-10-19)27(32)28(33)30(25)16-18-7-13-22(34-3)14-8-18/h4-15,17,25,31H,16H2,1-3H3/b26-24-. The van der Waals surface area contributed by atoms with Crippen LogP contribution in [0, 0.1) is 0 Å². The van der Waals surface area contributed by atoms with Crippen LogP contribution in [0.4, 0.5) is 0 Å². The Labute approximate surface area is 209 Å². The molecule has 0 bridgehead atoms. The minimum atomic E-state index is -0.802. The largest absolute Gasteiger partial charge is 0.507 e. The number of amides is 1. The smallest absolute Gasteiger partial charge is 0.295 e. The number of likely N-dealkylation sites (tertiary alicyclic amines) is 1. The number of carbonyl (C=O) groups excluding carboxylic acids is 2. The van der Waals surface area contributed by atoms with Crippen LogP contribution in [0.1, 0.15) is 36.6 Å². The van der Waals surface area contributed by atoms with E-state index in [0.717, 1.165) is 5.56 Å². The second-order valence-electron chi connectivity index (χ2n) is 8.52. The molecule has 0 spiro atoms. The maximum Gasteiger partial charge on any atom is 0.295 e. The molecule has 1 unspecified atom stereocenters. The van der Waals surface area contributed by atoms with Crippen LogP contribution in [0.5, 0.6) is 11.5 Å². The van der Waals surface area contributed by atoms with E-state index in [-0.39, 0.29) is 24.0 Å². The molecule has 1 aliphatic rings. The van der Waals surface area contributed by atoms with Crippen molar-refractivity contribution in [2.75, 3.05) is 7.11 Å². The predicted molar refractivity (Wildman–Crippen MR) is 134 cm³/mol. The van der Waals surface area contributed by atoms with Crippen LogP contribution in [0.15, 0.2) is 78.4 Å². The Bertz CT molecular complexity index is 1270. The first-order chi connectivity index (χ1) is 16.8. The number of ketones is 1. The lowest BCUT2D eigenvalue weighted by molar-refractivity contribution is -0.140. The van der Waals surface area contributed by atoms with Gasteiger partial charge in [-0.2, -0.15) is 0 Å². The molecule has 0 saturated carbocycles. The Morgan fingerprint density at radius 1 is 1.00 bits per heavy atom. The van der Waals surface area contributed by atoms with Crippen LogP contribution in [0.25, 0.3) is 5.76 Å². The van der Waals surface area contributed by atoms with Crippen LogP contribution >= 0.6 is 11.6 Å². The lowest BCUT2D eigenvalue weighted by Gasteiger charge is -2.26. The molecule has 4 rings (SSSR count). The summed E-state index contributed by atoms with van der Waals surface area (Å²) in [4.78, 5) is 28.0. The van der Waals surface area contributed by atoms with Gasteiger partial charge in [-0.3, -0.25) is 9.59 Å². The molecule has 1 heterocycles. The number of hydrogen-bond donors (Lipinski definition) is 1. The quantitative estimate of drug-likeness (QED) is 0.258. The summed E-state index contributed by atoms with van der Waals surface area (Å²) in [6, 6.07) is 20.2. The fourth-order valence-corrected chi connectivity index (χ4v) is 4.24. The van der Waals surface area contributed by atoms with Gasteiger partial charge in [-0.15, -0.1) is 0 Å². The van der Waals surface area contributed by atoms with Crippen LogP contribution in [-0.2, 0) is 16.1 Å². The molecule has 1 fully saturated rings. The highest BCUT2D eigenvalue weighted by Gasteiger charge is 2.46. The van der Waals surface area contributed by atoms with E-state index in [9.17, 15) is 14.7 Å². The number of carbonyl (C=O) groups is 2. The summed E-state index contributed by atoms with van der Waals surface area (Å²) in [5.41, 5.74) is 1.90. The first-order valence-corrected chi connectivity index (χ1v) is 11.6. The molecule has 0 aliphatic carbocycles. The third-order valence-corrected chi connectivity index (χ3v) is 5.97. The molecule has 6 nitrogen and oxygen atoms in total. The second kappa shape index (κ2) is 10.2. The van der Waals surface area contributed by atoms with E-state index in [4.69, 9.17) is 21.1 Å². The van der Waals surface area contributed by atoms with Gasteiger partial charge >= 0.3 is 0 Å². The van der Waals surface area contributed by atoms with Gasteiger partial charge in [0.1, 0.15) is 17.3 Å². The molecule has 7 heteroatoms. The van der Waals surface area contributed by atoms with Crippen molar-refractivity contribution in [3.05, 3.63) is 100 Å². The summed E-state index contributed by atoms with van der Waals surface area (Å²) in [6.45, 7) is 4.01. The van der Waals surface area contributed by atoms with E-state index in [0.29, 0.717) is 27.6 Å². The van der Waals surface area contributed by atoms with Crippen molar-refractivity contribution in [1.29, 1.82) is 0 Å². The number of rotatable bonds is 7. The summed E-state index contributed by atoms with van der Waals surface area (Å²) in [5, 5.41) is 11.7. The molecule has 0 aromatic heterocycles. The van der Waals surface area contributed by atoms with Crippen molar-refractivity contribution in [2.24, 2.45) is 0 Å². The maximum absolute atomic E-state index is 13.2. The topological polar surface area (TPSA) is 76.1 Å². The molecule has 180 valence electrons. The fourth-order valence-electron chi connectivity index (χ4n) is 4.11. The van der Waals surface area contributed by atoms with Crippen molar-refractivity contribution < 1.29 is 24.2 Å². The highest BCUT2D eigenvalue weighted by atomic mass is 35.5. The Kier molecular flexibility index (Phi) is 7.12. The van der Waals surface area contributed by atoms with Crippen LogP contribution < -0.4 is 9.47 Å². The maximum atomic E-state index is 13.2. The van der Waals surface area contributed by atoms with Crippen molar-refractivity contribution in [1.82, 2.24) is 4.90 Å². The van der Waals surface area contributed by atoms with Gasteiger partial charge in [0.25, 0.3) is 11.7 Å². The molecule has 1 aliphatic heterocycles. The molecular formula is C28H26ClNO5. The minimum absolute atomic E-state index is 0.0209. The number of Topliss-reactive ketones (excluding diaryl/α,β-unsaturated/α-hetero) is 1. The first kappa shape index (κ1) is 24.4. The van der Waals surface area contributed by atoms with Crippen molar-refractivity contribution in [3.63, 3.8) is 0 Å². The molecule has 0 radical (unpaired) electrons. The van der Waals surface area contributed by atoms with E-state index >= 15 is 0 Å². The fraction of sp³-hybridized carbons (Fsp3) is 0.214. The highest BCUT2D eigenvalue weighted by molar-refractivity contribution is 6.46. The Morgan fingerprint density at radius 2 is 1.69 bits per heavy atom. The molecule has 1 amide bonds. The van der Waals surface area contributed by atoms with E-state index in [1.54, 1.807) is 49.6 Å². The second-order valence-corrected chi connectivity index (χ2v) is 8.96. The van der Waals surface area contributed by atoms with Gasteiger partial charge in [0.2, 0.25) is 0 Å². The first-order valence-electron chi connectivity index (χ1n) is 11.2. The minimum Gasteiger partial charge on any atom is -0.507 e. The lowest BCUT2D eigenvalue weighted by Crippen LogP contribution is -2.29. The number of aliphatic hydroxyl groups excluding tert-OH is 1. The number of benzene rings is 3. The highest BCUT2D eigenvalue weighted by Crippen LogP contribution is 2.41. The average molecular weight is 492 g/mol. The van der Waals surface area contributed by atoms with Crippen LogP contribution in [0.3, 0.4) is 0 Å². The predicted octanol–water partition coefficient (Wildman–Crippen LogP) is 5.76. The van der Waals surface area contributed by atoms with Crippen LogP contribution in [0.2, 0.25) is 5.02 Å². The van der Waals surface area contributed by atoms with Gasteiger partial charge < -0.3 is 19.5 Å². The van der Waals surface area contributed by atoms with Crippen molar-refractivity contribution >= 4 is 29.1 Å². The molecule has 3 aromatic rings. The molecule has 1 N–H and O–H groups in total. The molecule has 3 aromatic carbocycles. The average Bonchev–Trinajstić information content (AvgIpc) is 3.09. The number of halogens is 1. The molecule has 1 atom stereocenters. The van der Waals surface area contributed by atoms with Crippen molar-refractivity contribution in [2.45, 2.75) is 32.5 Å². The Balaban J connectivity index is 1.83. The number of nitrogens with zero attached hydrogens (tertiary/aromatic N) is 1. The van der Waals surface area contributed by atoms with Crippen molar-refractivity contribution in [3.8, 4) is 11.5 Å². The Hall–Kier alpha value is -3.77. The SMILES string of the molecule is COc1ccc(CN2C(=O)C(=O)/C(=C(\O)c3ccc(Cl)cc3)C2c2cccc(OC(C)C)c2)cc1. The molecule has 1 saturated heterocycles. The normalized spacial score (nSPS) is 17.2. The van der Waals surface area contributed by atoms with Gasteiger partial charge in [0.05, 0.1) is 24.8 Å². The van der Waals surface area contributed by atoms with Gasteiger partial charge in [-0.05, 0) is 73.5 Å². The summed E-state index contributed by atoms with van der Waals surface area (Å²) in [6.07, 6.45) is -0.0509. The summed E-state index contributed by atoms with van der Waals surface area (Å²) < 4.78 is 11.1. The van der Waals surface area contributed by atoms with Crippen LogP contribution in [-0.4, -0.2) is 34.9 Å². The summed E-state index contributed by atoms with van der Waals surface area (Å²) in [7, 11) is 1.58. The van der Waals surface area contributed by atoms with Gasteiger partial charge in [0.15, 0.2) is 0 Å². The number of hydrogen-bond acceptors (Lipinski definition) is 5. The summed E-state index contributed by atoms with van der Waals surface area (Å²) in [5.74, 6) is -0.382. The zero-order valence-corrected chi connectivity index (χ0v) is 20.5. The van der Waals surface area contributed by atoms with E-state index in [1.165, 1.54) is 4.90 Å². The molecular weight excluding hydrogens is 466 g/mol. The lowest BCUT2D eigenvalue weighted by atomic mass is 9.95. The van der Waals surface area contributed by atoms with Gasteiger partial charge in [0, 0.05) is 17.1 Å². The Morgan fingerprint density at radius 3 is 2.31 bits per heavy atom. The third kappa shape index (κ3) is 5.17. The number of aliphatic hydroxyl groups is 1.